The number of aliphatic carboxylic acids is 1. The lowest BCUT2D eigenvalue weighted by Gasteiger charge is -2.15. The average molecular weight is 432 g/mol. The minimum Gasteiger partial charge on any atom is -0.493 e. The van der Waals surface area contributed by atoms with E-state index >= 15 is 0 Å². The van der Waals surface area contributed by atoms with Crippen LogP contribution in [0.3, 0.4) is 0 Å². The van der Waals surface area contributed by atoms with E-state index < -0.39 is 5.97 Å². The van der Waals surface area contributed by atoms with E-state index in [2.05, 4.69) is 11.1 Å². The molecule has 1 heterocycles. The van der Waals surface area contributed by atoms with Crippen molar-refractivity contribution in [3.8, 4) is 34.9 Å². The van der Waals surface area contributed by atoms with Gasteiger partial charge in [0, 0.05) is 17.7 Å². The number of carbonyl (C=O) groups is 1. The number of ether oxygens (including phenoxy) is 4. The Kier molecular flexibility index (Phi) is 7.28. The van der Waals surface area contributed by atoms with Crippen molar-refractivity contribution in [1.29, 1.82) is 5.26 Å². The summed E-state index contributed by atoms with van der Waals surface area (Å²) in [6.45, 7) is 0.235. The zero-order valence-corrected chi connectivity index (χ0v) is 17.4. The van der Waals surface area contributed by atoms with Gasteiger partial charge in [-0.25, -0.2) is 9.78 Å². The van der Waals surface area contributed by atoms with Crippen molar-refractivity contribution in [3.05, 3.63) is 77.5 Å². The summed E-state index contributed by atoms with van der Waals surface area (Å²) >= 11 is 0. The summed E-state index contributed by atoms with van der Waals surface area (Å²) in [5, 5.41) is 18.0. The molecule has 0 fully saturated rings. The first-order valence-electron chi connectivity index (χ1n) is 9.45. The van der Waals surface area contributed by atoms with E-state index in [9.17, 15) is 4.79 Å². The number of benzene rings is 2. The molecule has 0 aliphatic rings. The highest BCUT2D eigenvalue weighted by atomic mass is 16.5. The van der Waals surface area contributed by atoms with Gasteiger partial charge < -0.3 is 24.1 Å². The Morgan fingerprint density at radius 2 is 1.84 bits per heavy atom. The van der Waals surface area contributed by atoms with Crippen LogP contribution in [0, 0.1) is 11.3 Å². The Labute approximate surface area is 184 Å². The number of carboxylic acid groups (broad SMARTS) is 1. The van der Waals surface area contributed by atoms with Gasteiger partial charge in [0.1, 0.15) is 12.4 Å². The van der Waals surface area contributed by atoms with Crippen molar-refractivity contribution >= 4 is 12.0 Å². The van der Waals surface area contributed by atoms with Crippen LogP contribution in [0.25, 0.3) is 6.08 Å². The molecule has 2 aromatic carbocycles. The summed E-state index contributed by atoms with van der Waals surface area (Å²) in [6.07, 6.45) is 3.95. The zero-order valence-electron chi connectivity index (χ0n) is 17.4. The van der Waals surface area contributed by atoms with E-state index in [0.717, 1.165) is 11.6 Å². The lowest BCUT2D eigenvalue weighted by molar-refractivity contribution is -0.131. The van der Waals surface area contributed by atoms with Crippen molar-refractivity contribution in [2.24, 2.45) is 0 Å². The highest BCUT2D eigenvalue weighted by molar-refractivity contribution is 5.85. The molecule has 0 aliphatic heterocycles. The maximum Gasteiger partial charge on any atom is 0.328 e. The largest absolute Gasteiger partial charge is 0.493 e. The molecule has 0 atom stereocenters. The quantitative estimate of drug-likeness (QED) is 0.494. The molecule has 8 nitrogen and oxygen atoms in total. The van der Waals surface area contributed by atoms with Crippen LogP contribution in [0.2, 0.25) is 0 Å². The topological polar surface area (TPSA) is 111 Å². The molecule has 0 bridgehead atoms. The Bertz CT molecular complexity index is 1140. The van der Waals surface area contributed by atoms with E-state index in [1.165, 1.54) is 26.5 Å². The Hall–Kier alpha value is -4.51. The number of nitriles is 1. The molecule has 0 spiro atoms. The van der Waals surface area contributed by atoms with Crippen LogP contribution in [0.5, 0.6) is 28.9 Å². The van der Waals surface area contributed by atoms with Gasteiger partial charge in [0.15, 0.2) is 11.5 Å². The molecule has 0 amide bonds. The van der Waals surface area contributed by atoms with E-state index in [-0.39, 0.29) is 12.5 Å². The molecule has 162 valence electrons. The third kappa shape index (κ3) is 5.55. The normalized spacial score (nSPS) is 10.4. The van der Waals surface area contributed by atoms with Crippen LogP contribution in [0.4, 0.5) is 0 Å². The fourth-order valence-electron chi connectivity index (χ4n) is 2.80. The van der Waals surface area contributed by atoms with Gasteiger partial charge in [-0.2, -0.15) is 5.26 Å². The number of carboxylic acids is 1. The van der Waals surface area contributed by atoms with Crippen molar-refractivity contribution in [2.75, 3.05) is 14.2 Å². The van der Waals surface area contributed by atoms with Crippen LogP contribution in [-0.2, 0) is 11.4 Å². The molecule has 8 heteroatoms. The van der Waals surface area contributed by atoms with E-state index in [4.69, 9.17) is 29.3 Å². The highest BCUT2D eigenvalue weighted by Gasteiger charge is 2.15. The van der Waals surface area contributed by atoms with Gasteiger partial charge in [-0.1, -0.05) is 18.2 Å². The third-order valence-electron chi connectivity index (χ3n) is 4.35. The maximum atomic E-state index is 10.8. The summed E-state index contributed by atoms with van der Waals surface area (Å²) in [4.78, 5) is 15.0. The zero-order chi connectivity index (χ0) is 22.9. The average Bonchev–Trinajstić information content (AvgIpc) is 2.82. The molecule has 1 N–H and O–H groups in total. The molecule has 0 saturated heterocycles. The van der Waals surface area contributed by atoms with Crippen molar-refractivity contribution < 1.29 is 28.8 Å². The molecule has 0 radical (unpaired) electrons. The third-order valence-corrected chi connectivity index (χ3v) is 4.35. The number of pyridine rings is 1. The second kappa shape index (κ2) is 10.5. The first-order chi connectivity index (χ1) is 15.5. The van der Waals surface area contributed by atoms with Crippen molar-refractivity contribution in [1.82, 2.24) is 4.98 Å². The van der Waals surface area contributed by atoms with Crippen LogP contribution in [0.1, 0.15) is 16.7 Å². The monoisotopic (exact) mass is 432 g/mol. The van der Waals surface area contributed by atoms with Gasteiger partial charge >= 0.3 is 5.97 Å². The molecule has 3 aromatic rings. The smallest absolute Gasteiger partial charge is 0.328 e. The molecule has 3 rings (SSSR count). The second-order valence-electron chi connectivity index (χ2n) is 6.42. The number of hydrogen-bond donors (Lipinski definition) is 1. The Morgan fingerprint density at radius 3 is 2.44 bits per heavy atom. The summed E-state index contributed by atoms with van der Waals surface area (Å²) in [5.41, 5.74) is 1.91. The van der Waals surface area contributed by atoms with Crippen molar-refractivity contribution in [3.63, 3.8) is 0 Å². The number of nitrogens with zero attached hydrogens (tertiary/aromatic N) is 2. The van der Waals surface area contributed by atoms with E-state index in [1.54, 1.807) is 36.4 Å². The molecule has 0 saturated carbocycles. The standard InChI is InChI=1S/C24H20N2O6/c1-29-20-11-16(7-10-23(27)28)12-21(30-2)24(20)32-22-9-8-19(14-26-22)31-15-18-6-4-3-5-17(18)13-25/h3-12,14H,15H2,1-2H3,(H,27,28)/b10-7+. The number of methoxy groups -OCH3 is 2. The van der Waals surface area contributed by atoms with E-state index in [1.807, 2.05) is 12.1 Å². The molecule has 32 heavy (non-hydrogen) atoms. The Balaban J connectivity index is 1.76. The van der Waals surface area contributed by atoms with Crippen LogP contribution in [0.15, 0.2) is 60.8 Å². The fraction of sp³-hybridized carbons (Fsp3) is 0.125. The van der Waals surface area contributed by atoms with Crippen LogP contribution < -0.4 is 18.9 Å². The van der Waals surface area contributed by atoms with Gasteiger partial charge in [0.2, 0.25) is 11.6 Å². The van der Waals surface area contributed by atoms with Gasteiger partial charge in [-0.3, -0.25) is 0 Å². The van der Waals surface area contributed by atoms with Gasteiger partial charge in [-0.05, 0) is 35.9 Å². The lowest BCUT2D eigenvalue weighted by Crippen LogP contribution is -1.99. The summed E-state index contributed by atoms with van der Waals surface area (Å²) in [5.74, 6) is 0.727. The minimum atomic E-state index is -1.06. The Morgan fingerprint density at radius 1 is 1.12 bits per heavy atom. The number of hydrogen-bond acceptors (Lipinski definition) is 7. The minimum absolute atomic E-state index is 0.235. The number of rotatable bonds is 9. The molecule has 0 unspecified atom stereocenters. The van der Waals surface area contributed by atoms with Crippen molar-refractivity contribution in [2.45, 2.75) is 6.61 Å². The predicted octanol–water partition coefficient (Wildman–Crippen LogP) is 4.44. The summed E-state index contributed by atoms with van der Waals surface area (Å²) in [7, 11) is 2.94. The lowest BCUT2D eigenvalue weighted by atomic mass is 10.1. The fourth-order valence-corrected chi connectivity index (χ4v) is 2.80. The van der Waals surface area contributed by atoms with Gasteiger partial charge in [0.25, 0.3) is 0 Å². The molecule has 1 aromatic heterocycles. The molecular formula is C24H20N2O6. The SMILES string of the molecule is COc1cc(/C=C/C(=O)O)cc(OC)c1Oc1ccc(OCc2ccccc2C#N)cn1. The molecular weight excluding hydrogens is 412 g/mol. The highest BCUT2D eigenvalue weighted by Crippen LogP contribution is 2.41. The van der Waals surface area contributed by atoms with E-state index in [0.29, 0.717) is 34.1 Å². The van der Waals surface area contributed by atoms with Gasteiger partial charge in [0.05, 0.1) is 32.0 Å². The maximum absolute atomic E-state index is 10.8. The van der Waals surface area contributed by atoms with Crippen LogP contribution in [-0.4, -0.2) is 30.3 Å². The summed E-state index contributed by atoms with van der Waals surface area (Å²) < 4.78 is 22.3. The number of aromatic nitrogens is 1. The first-order valence-corrected chi connectivity index (χ1v) is 9.45. The predicted molar refractivity (Wildman–Crippen MR) is 116 cm³/mol. The van der Waals surface area contributed by atoms with Gasteiger partial charge in [-0.15, -0.1) is 0 Å². The molecule has 0 aliphatic carbocycles. The van der Waals surface area contributed by atoms with Crippen LogP contribution >= 0.6 is 0 Å². The first kappa shape index (κ1) is 22.2. The second-order valence-corrected chi connectivity index (χ2v) is 6.42. The summed E-state index contributed by atoms with van der Waals surface area (Å²) in [6, 6.07) is 15.9.